The fraction of sp³-hybridized carbons (Fsp3) is 0.167. The number of primary amides is 1. The topological polar surface area (TPSA) is 127 Å². The van der Waals surface area contributed by atoms with Crippen LogP contribution in [0.15, 0.2) is 76.4 Å². The van der Waals surface area contributed by atoms with Gasteiger partial charge in [0.25, 0.3) is 5.91 Å². The Balaban J connectivity index is 1.45. The van der Waals surface area contributed by atoms with Gasteiger partial charge in [-0.2, -0.15) is 5.10 Å². The molecule has 0 saturated carbocycles. The molecule has 1 atom stereocenters. The Labute approximate surface area is 189 Å². The van der Waals surface area contributed by atoms with E-state index in [2.05, 4.69) is 10.4 Å². The minimum absolute atomic E-state index is 0.227. The summed E-state index contributed by atoms with van der Waals surface area (Å²) in [5, 5.41) is 8.22. The average molecular weight is 446 g/mol. The number of benzene rings is 2. The molecular weight excluding hydrogens is 424 g/mol. The van der Waals surface area contributed by atoms with Gasteiger partial charge in [-0.1, -0.05) is 29.8 Å². The van der Waals surface area contributed by atoms with E-state index in [1.54, 1.807) is 18.4 Å². The summed E-state index contributed by atoms with van der Waals surface area (Å²) in [4.78, 5) is 36.2. The highest BCUT2D eigenvalue weighted by Gasteiger charge is 2.35. The molecule has 1 unspecified atom stereocenters. The van der Waals surface area contributed by atoms with E-state index < -0.39 is 30.6 Å². The number of hydrazone groups is 1. The second-order valence-electron chi connectivity index (χ2n) is 7.53. The molecule has 1 aliphatic rings. The van der Waals surface area contributed by atoms with Crippen LogP contribution in [0, 0.1) is 6.92 Å². The van der Waals surface area contributed by atoms with Crippen molar-refractivity contribution in [2.45, 2.75) is 19.4 Å². The highest BCUT2D eigenvalue weighted by Crippen LogP contribution is 2.33. The first kappa shape index (κ1) is 21.8. The van der Waals surface area contributed by atoms with Crippen LogP contribution in [0.25, 0.3) is 0 Å². The highest BCUT2D eigenvalue weighted by atomic mass is 16.5. The molecule has 3 aromatic rings. The van der Waals surface area contributed by atoms with E-state index in [-0.39, 0.29) is 5.56 Å². The summed E-state index contributed by atoms with van der Waals surface area (Å²) >= 11 is 0. The first-order valence-electron chi connectivity index (χ1n) is 10.2. The van der Waals surface area contributed by atoms with Gasteiger partial charge in [0, 0.05) is 12.1 Å². The van der Waals surface area contributed by atoms with E-state index >= 15 is 0 Å². The van der Waals surface area contributed by atoms with Gasteiger partial charge in [-0.25, -0.2) is 14.6 Å². The molecule has 0 aliphatic carbocycles. The number of rotatable bonds is 6. The van der Waals surface area contributed by atoms with Crippen molar-refractivity contribution in [3.8, 4) is 0 Å². The van der Waals surface area contributed by atoms with Gasteiger partial charge < -0.3 is 20.2 Å². The van der Waals surface area contributed by atoms with Crippen LogP contribution in [-0.2, 0) is 9.53 Å². The lowest BCUT2D eigenvalue weighted by molar-refractivity contribution is -0.136. The molecule has 1 aromatic heterocycles. The Morgan fingerprint density at radius 1 is 1.12 bits per heavy atom. The van der Waals surface area contributed by atoms with Crippen LogP contribution in [0.3, 0.4) is 0 Å². The highest BCUT2D eigenvalue weighted by molar-refractivity contribution is 6.03. The maximum Gasteiger partial charge on any atom is 0.338 e. The molecule has 2 aromatic carbocycles. The minimum Gasteiger partial charge on any atom is -0.467 e. The van der Waals surface area contributed by atoms with Gasteiger partial charge in [-0.15, -0.1) is 0 Å². The second-order valence-corrected chi connectivity index (χ2v) is 7.53. The Morgan fingerprint density at radius 3 is 2.48 bits per heavy atom. The molecule has 3 N–H and O–H groups in total. The Bertz CT molecular complexity index is 1180. The first-order chi connectivity index (χ1) is 15.9. The Hall–Kier alpha value is -4.40. The van der Waals surface area contributed by atoms with Crippen molar-refractivity contribution in [1.29, 1.82) is 0 Å². The number of nitrogens with one attached hydrogen (secondary N) is 1. The molecule has 4 rings (SSSR count). The summed E-state index contributed by atoms with van der Waals surface area (Å²) in [6.45, 7) is 1.51. The molecule has 0 radical (unpaired) electrons. The monoisotopic (exact) mass is 446 g/mol. The summed E-state index contributed by atoms with van der Waals surface area (Å²) in [5.74, 6) is -0.553. The standard InChI is InChI=1S/C24H22N4O5/c1-15-4-6-16(7-5-15)19-13-20(21-3-2-12-32-21)28(27-19)22(29)14-33-23(30)17-8-10-18(11-9-17)26-24(25)31/h2-12,20H,13-14H2,1H3,(H3,25,26,31). The number of anilines is 1. The zero-order chi connectivity index (χ0) is 23.4. The molecule has 0 saturated heterocycles. The molecule has 1 aliphatic heterocycles. The number of furan rings is 1. The van der Waals surface area contributed by atoms with Crippen LogP contribution in [0.1, 0.15) is 39.7 Å². The normalized spacial score (nSPS) is 15.1. The van der Waals surface area contributed by atoms with Crippen LogP contribution in [-0.4, -0.2) is 35.2 Å². The van der Waals surface area contributed by atoms with Gasteiger partial charge in [0.05, 0.1) is 17.5 Å². The summed E-state index contributed by atoms with van der Waals surface area (Å²) in [5.41, 5.74) is 8.50. The second kappa shape index (κ2) is 9.39. The van der Waals surface area contributed by atoms with Crippen molar-refractivity contribution >= 4 is 29.3 Å². The van der Waals surface area contributed by atoms with E-state index in [0.29, 0.717) is 17.9 Å². The Morgan fingerprint density at radius 2 is 1.85 bits per heavy atom. The van der Waals surface area contributed by atoms with E-state index in [1.165, 1.54) is 29.3 Å². The van der Waals surface area contributed by atoms with E-state index in [9.17, 15) is 14.4 Å². The largest absolute Gasteiger partial charge is 0.467 e. The van der Waals surface area contributed by atoms with Crippen molar-refractivity contribution in [3.63, 3.8) is 0 Å². The minimum atomic E-state index is -0.710. The van der Waals surface area contributed by atoms with Crippen molar-refractivity contribution < 1.29 is 23.5 Å². The molecule has 3 amide bonds. The van der Waals surface area contributed by atoms with Crippen molar-refractivity contribution in [2.75, 3.05) is 11.9 Å². The number of ether oxygens (including phenoxy) is 1. The van der Waals surface area contributed by atoms with Crippen LogP contribution < -0.4 is 11.1 Å². The molecule has 0 bridgehead atoms. The molecular formula is C24H22N4O5. The van der Waals surface area contributed by atoms with Crippen molar-refractivity contribution in [3.05, 3.63) is 89.4 Å². The predicted molar refractivity (Wildman–Crippen MR) is 121 cm³/mol. The molecule has 168 valence electrons. The molecule has 0 fully saturated rings. The van der Waals surface area contributed by atoms with E-state index in [1.807, 2.05) is 31.2 Å². The van der Waals surface area contributed by atoms with Crippen molar-refractivity contribution in [1.82, 2.24) is 5.01 Å². The number of carbonyl (C=O) groups is 3. The first-order valence-corrected chi connectivity index (χ1v) is 10.2. The molecule has 2 heterocycles. The van der Waals surface area contributed by atoms with E-state index in [4.69, 9.17) is 14.9 Å². The number of hydrogen-bond donors (Lipinski definition) is 2. The number of amides is 3. The fourth-order valence-corrected chi connectivity index (χ4v) is 3.47. The molecule has 33 heavy (non-hydrogen) atoms. The maximum absolute atomic E-state index is 12.9. The van der Waals surface area contributed by atoms with Gasteiger partial charge in [0.1, 0.15) is 11.8 Å². The van der Waals surface area contributed by atoms with Gasteiger partial charge in [-0.3, -0.25) is 4.79 Å². The lowest BCUT2D eigenvalue weighted by Crippen LogP contribution is -2.31. The zero-order valence-corrected chi connectivity index (χ0v) is 17.9. The summed E-state index contributed by atoms with van der Waals surface area (Å²) in [6.07, 6.45) is 2.02. The summed E-state index contributed by atoms with van der Waals surface area (Å²) in [7, 11) is 0. The van der Waals surface area contributed by atoms with Crippen LogP contribution in [0.2, 0.25) is 0 Å². The number of nitrogens with two attached hydrogens (primary N) is 1. The lowest BCUT2D eigenvalue weighted by Gasteiger charge is -2.19. The average Bonchev–Trinajstić information content (AvgIpc) is 3.48. The van der Waals surface area contributed by atoms with Crippen molar-refractivity contribution in [2.24, 2.45) is 10.8 Å². The predicted octanol–water partition coefficient (Wildman–Crippen LogP) is 3.61. The maximum atomic E-state index is 12.9. The smallest absolute Gasteiger partial charge is 0.338 e. The quantitative estimate of drug-likeness (QED) is 0.559. The number of esters is 1. The molecule has 9 nitrogen and oxygen atoms in total. The third-order valence-electron chi connectivity index (χ3n) is 5.14. The zero-order valence-electron chi connectivity index (χ0n) is 17.9. The number of urea groups is 1. The van der Waals surface area contributed by atoms with Gasteiger partial charge in [-0.05, 0) is 48.9 Å². The van der Waals surface area contributed by atoms with E-state index in [0.717, 1.165) is 16.8 Å². The van der Waals surface area contributed by atoms with Gasteiger partial charge >= 0.3 is 12.0 Å². The SMILES string of the molecule is Cc1ccc(C2=NN(C(=O)COC(=O)c3ccc(NC(N)=O)cc3)C(c3ccco3)C2)cc1. The third kappa shape index (κ3) is 5.09. The number of carbonyl (C=O) groups excluding carboxylic acids is 3. The van der Waals surface area contributed by atoms with Crippen LogP contribution in [0.5, 0.6) is 0 Å². The Kier molecular flexibility index (Phi) is 6.21. The summed E-state index contributed by atoms with van der Waals surface area (Å²) < 4.78 is 10.7. The number of nitrogens with zero attached hydrogens (tertiary/aromatic N) is 2. The number of aryl methyl sites for hydroxylation is 1. The van der Waals surface area contributed by atoms with Gasteiger partial charge in [0.15, 0.2) is 6.61 Å². The van der Waals surface area contributed by atoms with Gasteiger partial charge in [0.2, 0.25) is 0 Å². The summed E-state index contributed by atoms with van der Waals surface area (Å²) in [6, 6.07) is 16.2. The molecule has 9 heteroatoms. The lowest BCUT2D eigenvalue weighted by atomic mass is 10.0. The fourth-order valence-electron chi connectivity index (χ4n) is 3.47. The van der Waals surface area contributed by atoms with Crippen LogP contribution in [0.4, 0.5) is 10.5 Å². The molecule has 0 spiro atoms. The van der Waals surface area contributed by atoms with Crippen LogP contribution >= 0.6 is 0 Å². The number of hydrogen-bond acceptors (Lipinski definition) is 6. The third-order valence-corrected chi connectivity index (χ3v) is 5.14.